The average Bonchev–Trinajstić information content (AvgIpc) is 3.01. The molecule has 2 aromatic rings. The zero-order chi connectivity index (χ0) is 14.5. The van der Waals surface area contributed by atoms with Crippen molar-refractivity contribution in [3.05, 3.63) is 47.3 Å². The maximum Gasteiger partial charge on any atom is 0.0956 e. The van der Waals surface area contributed by atoms with Crippen LogP contribution in [0.2, 0.25) is 0 Å². The minimum Gasteiger partial charge on any atom is -0.390 e. The van der Waals surface area contributed by atoms with Gasteiger partial charge in [-0.2, -0.15) is 0 Å². The molecule has 0 bridgehead atoms. The van der Waals surface area contributed by atoms with Gasteiger partial charge < -0.3 is 21.5 Å². The zero-order valence-corrected chi connectivity index (χ0v) is 12.4. The number of thiophene rings is 1. The first-order valence-corrected chi connectivity index (χ1v) is 7.55. The Hall–Kier alpha value is -1.40. The Bertz CT molecular complexity index is 512. The summed E-state index contributed by atoms with van der Waals surface area (Å²) < 4.78 is 0. The molecule has 1 aromatic carbocycles. The third kappa shape index (κ3) is 3.19. The standard InChI is InChI=1S/C15H21N3OS/c1-11(14(19)10-17)18(15-3-2-8-20-15)13-6-4-12(9-16)5-7-13/h2-8,11,14,19H,9-10,16-17H2,1H3. The van der Waals surface area contributed by atoms with E-state index in [1.807, 2.05) is 48.7 Å². The van der Waals surface area contributed by atoms with E-state index >= 15 is 0 Å². The molecule has 0 aliphatic rings. The van der Waals surface area contributed by atoms with E-state index < -0.39 is 6.10 Å². The molecule has 2 unspecified atom stereocenters. The molecule has 2 rings (SSSR count). The Labute approximate surface area is 123 Å². The normalized spacial score (nSPS) is 14.0. The van der Waals surface area contributed by atoms with Gasteiger partial charge in [0.25, 0.3) is 0 Å². The van der Waals surface area contributed by atoms with Crippen LogP contribution in [0.3, 0.4) is 0 Å². The van der Waals surface area contributed by atoms with Gasteiger partial charge in [0.1, 0.15) is 0 Å². The van der Waals surface area contributed by atoms with E-state index in [1.165, 1.54) is 0 Å². The van der Waals surface area contributed by atoms with Crippen molar-refractivity contribution in [2.24, 2.45) is 11.5 Å². The van der Waals surface area contributed by atoms with Crippen molar-refractivity contribution in [1.29, 1.82) is 0 Å². The van der Waals surface area contributed by atoms with Gasteiger partial charge in [-0.05, 0) is 42.1 Å². The predicted octanol–water partition coefficient (Wildman–Crippen LogP) is 2.05. The monoisotopic (exact) mass is 291 g/mol. The lowest BCUT2D eigenvalue weighted by Gasteiger charge is -2.33. The number of aliphatic hydroxyl groups is 1. The molecule has 4 nitrogen and oxygen atoms in total. The summed E-state index contributed by atoms with van der Waals surface area (Å²) in [4.78, 5) is 2.11. The Morgan fingerprint density at radius 1 is 1.20 bits per heavy atom. The average molecular weight is 291 g/mol. The number of nitrogens with zero attached hydrogens (tertiary/aromatic N) is 1. The molecule has 108 valence electrons. The number of hydrogen-bond donors (Lipinski definition) is 3. The van der Waals surface area contributed by atoms with Crippen LogP contribution in [0.1, 0.15) is 12.5 Å². The summed E-state index contributed by atoms with van der Waals surface area (Å²) in [5.74, 6) is 0. The largest absolute Gasteiger partial charge is 0.390 e. The van der Waals surface area contributed by atoms with Crippen molar-refractivity contribution in [2.45, 2.75) is 25.6 Å². The summed E-state index contributed by atoms with van der Waals surface area (Å²) in [6.45, 7) is 2.75. The van der Waals surface area contributed by atoms with Crippen LogP contribution < -0.4 is 16.4 Å². The molecule has 0 spiro atoms. The predicted molar refractivity (Wildman–Crippen MR) is 85.3 cm³/mol. The van der Waals surface area contributed by atoms with E-state index in [0.29, 0.717) is 6.54 Å². The molecule has 1 heterocycles. The number of aliphatic hydroxyl groups excluding tert-OH is 1. The number of rotatable bonds is 6. The molecule has 0 aliphatic heterocycles. The van der Waals surface area contributed by atoms with E-state index in [2.05, 4.69) is 4.90 Å². The minimum atomic E-state index is -0.578. The van der Waals surface area contributed by atoms with E-state index in [-0.39, 0.29) is 12.6 Å². The van der Waals surface area contributed by atoms with E-state index in [4.69, 9.17) is 11.5 Å². The van der Waals surface area contributed by atoms with Crippen LogP contribution in [0, 0.1) is 0 Å². The third-order valence-electron chi connectivity index (χ3n) is 3.40. The Kier molecular flexibility index (Phi) is 5.14. The summed E-state index contributed by atoms with van der Waals surface area (Å²) >= 11 is 1.64. The molecule has 2 atom stereocenters. The van der Waals surface area contributed by atoms with Crippen LogP contribution in [-0.4, -0.2) is 23.8 Å². The van der Waals surface area contributed by atoms with Crippen LogP contribution in [-0.2, 0) is 6.54 Å². The van der Waals surface area contributed by atoms with Crippen molar-refractivity contribution >= 4 is 22.0 Å². The lowest BCUT2D eigenvalue weighted by Crippen LogP contribution is -2.42. The van der Waals surface area contributed by atoms with Crippen molar-refractivity contribution in [1.82, 2.24) is 0 Å². The van der Waals surface area contributed by atoms with Gasteiger partial charge in [0.05, 0.1) is 17.1 Å². The van der Waals surface area contributed by atoms with Gasteiger partial charge in [0.2, 0.25) is 0 Å². The van der Waals surface area contributed by atoms with Crippen molar-refractivity contribution in [3.8, 4) is 0 Å². The van der Waals surface area contributed by atoms with Crippen molar-refractivity contribution < 1.29 is 5.11 Å². The van der Waals surface area contributed by atoms with Crippen LogP contribution in [0.15, 0.2) is 41.8 Å². The maximum atomic E-state index is 10.1. The van der Waals surface area contributed by atoms with Crippen molar-refractivity contribution in [2.75, 3.05) is 11.4 Å². The summed E-state index contributed by atoms with van der Waals surface area (Å²) in [7, 11) is 0. The first kappa shape index (κ1) is 15.0. The van der Waals surface area contributed by atoms with Crippen LogP contribution in [0.4, 0.5) is 10.7 Å². The van der Waals surface area contributed by atoms with Gasteiger partial charge in [0, 0.05) is 18.8 Å². The first-order chi connectivity index (χ1) is 9.67. The van der Waals surface area contributed by atoms with E-state index in [9.17, 15) is 5.11 Å². The molecule has 5 N–H and O–H groups in total. The molecule has 0 saturated carbocycles. The topological polar surface area (TPSA) is 75.5 Å². The molecule has 0 radical (unpaired) electrons. The van der Waals surface area contributed by atoms with E-state index in [0.717, 1.165) is 16.3 Å². The Balaban J connectivity index is 2.35. The molecule has 20 heavy (non-hydrogen) atoms. The molecular formula is C15H21N3OS. The smallest absolute Gasteiger partial charge is 0.0956 e. The van der Waals surface area contributed by atoms with Gasteiger partial charge in [0.15, 0.2) is 0 Å². The molecular weight excluding hydrogens is 270 g/mol. The Morgan fingerprint density at radius 2 is 1.90 bits per heavy atom. The molecule has 5 heteroatoms. The van der Waals surface area contributed by atoms with Crippen LogP contribution >= 0.6 is 11.3 Å². The molecule has 0 fully saturated rings. The highest BCUT2D eigenvalue weighted by Gasteiger charge is 2.23. The van der Waals surface area contributed by atoms with E-state index in [1.54, 1.807) is 11.3 Å². The van der Waals surface area contributed by atoms with Crippen molar-refractivity contribution in [3.63, 3.8) is 0 Å². The fourth-order valence-electron chi connectivity index (χ4n) is 2.13. The molecule has 1 aromatic heterocycles. The third-order valence-corrected chi connectivity index (χ3v) is 4.27. The quantitative estimate of drug-likeness (QED) is 0.761. The zero-order valence-electron chi connectivity index (χ0n) is 11.6. The van der Waals surface area contributed by atoms with Crippen LogP contribution in [0.5, 0.6) is 0 Å². The molecule has 0 amide bonds. The summed E-state index contributed by atoms with van der Waals surface area (Å²) in [5, 5.41) is 13.2. The van der Waals surface area contributed by atoms with Gasteiger partial charge >= 0.3 is 0 Å². The Morgan fingerprint density at radius 3 is 2.40 bits per heavy atom. The van der Waals surface area contributed by atoms with Crippen LogP contribution in [0.25, 0.3) is 0 Å². The second kappa shape index (κ2) is 6.85. The first-order valence-electron chi connectivity index (χ1n) is 6.67. The highest BCUT2D eigenvalue weighted by Crippen LogP contribution is 2.32. The second-order valence-electron chi connectivity index (χ2n) is 4.74. The molecule has 0 saturated heterocycles. The van der Waals surface area contributed by atoms with Gasteiger partial charge in [-0.3, -0.25) is 0 Å². The number of nitrogens with two attached hydrogens (primary N) is 2. The van der Waals surface area contributed by atoms with Gasteiger partial charge in [-0.1, -0.05) is 12.1 Å². The highest BCUT2D eigenvalue weighted by atomic mass is 32.1. The highest BCUT2D eigenvalue weighted by molar-refractivity contribution is 7.14. The SMILES string of the molecule is CC(C(O)CN)N(c1ccc(CN)cc1)c1cccs1. The van der Waals surface area contributed by atoms with Gasteiger partial charge in [-0.15, -0.1) is 11.3 Å². The number of benzene rings is 1. The fourth-order valence-corrected chi connectivity index (χ4v) is 2.97. The lowest BCUT2D eigenvalue weighted by molar-refractivity contribution is 0.159. The summed E-state index contributed by atoms with van der Waals surface area (Å²) in [6, 6.07) is 12.0. The van der Waals surface area contributed by atoms with Gasteiger partial charge in [-0.25, -0.2) is 0 Å². The summed E-state index contributed by atoms with van der Waals surface area (Å²) in [6.07, 6.45) is -0.578. The molecule has 0 aliphatic carbocycles. The fraction of sp³-hybridized carbons (Fsp3) is 0.333. The number of hydrogen-bond acceptors (Lipinski definition) is 5. The summed E-state index contributed by atoms with van der Waals surface area (Å²) in [5.41, 5.74) is 13.4. The second-order valence-corrected chi connectivity index (χ2v) is 5.66. The maximum absolute atomic E-state index is 10.1. The number of anilines is 2. The minimum absolute atomic E-state index is 0.0950. The lowest BCUT2D eigenvalue weighted by atomic mass is 10.1.